The van der Waals surface area contributed by atoms with Gasteiger partial charge in [0.1, 0.15) is 0 Å². The first-order valence-corrected chi connectivity index (χ1v) is 8.06. The van der Waals surface area contributed by atoms with E-state index in [1.54, 1.807) is 0 Å². The number of nitrogens with zero attached hydrogens (tertiary/aromatic N) is 2. The van der Waals surface area contributed by atoms with Crippen molar-refractivity contribution in [3.63, 3.8) is 0 Å². The number of hydrogen-bond donors (Lipinski definition) is 1. The van der Waals surface area contributed by atoms with Gasteiger partial charge in [-0.15, -0.1) is 11.8 Å². The molecule has 2 N–H and O–H groups in total. The van der Waals surface area contributed by atoms with Crippen molar-refractivity contribution in [2.75, 3.05) is 5.75 Å². The van der Waals surface area contributed by atoms with Crippen LogP contribution in [0.2, 0.25) is 0 Å². The molecule has 1 aromatic carbocycles. The molecule has 1 unspecified atom stereocenters. The maximum atomic E-state index is 6.08. The average molecular weight is 289 g/mol. The Morgan fingerprint density at radius 3 is 2.75 bits per heavy atom. The molecule has 1 heterocycles. The molecule has 0 saturated heterocycles. The van der Waals surface area contributed by atoms with Crippen molar-refractivity contribution >= 4 is 11.8 Å². The molecule has 4 nitrogen and oxygen atoms in total. The van der Waals surface area contributed by atoms with Crippen molar-refractivity contribution in [2.45, 2.75) is 37.1 Å². The number of thioether (sulfide) groups is 1. The van der Waals surface area contributed by atoms with Gasteiger partial charge in [0.2, 0.25) is 11.7 Å². The maximum Gasteiger partial charge on any atom is 0.228 e. The van der Waals surface area contributed by atoms with E-state index in [1.165, 1.54) is 17.7 Å². The van der Waals surface area contributed by atoms with E-state index in [0.29, 0.717) is 24.1 Å². The summed E-state index contributed by atoms with van der Waals surface area (Å²) in [4.78, 5) is 5.70. The van der Waals surface area contributed by atoms with E-state index in [-0.39, 0.29) is 6.04 Å². The molecular weight excluding hydrogens is 270 g/mol. The Kier molecular flexibility index (Phi) is 4.08. The minimum absolute atomic E-state index is 0.159. The average Bonchev–Trinajstić information content (AvgIpc) is 3.21. The Morgan fingerprint density at radius 2 is 2.10 bits per heavy atom. The van der Waals surface area contributed by atoms with Gasteiger partial charge in [0.15, 0.2) is 0 Å². The third kappa shape index (κ3) is 3.22. The number of hydrogen-bond acceptors (Lipinski definition) is 5. The minimum atomic E-state index is 0.159. The van der Waals surface area contributed by atoms with Gasteiger partial charge in [-0.3, -0.25) is 0 Å². The van der Waals surface area contributed by atoms with Crippen LogP contribution in [0.15, 0.2) is 33.7 Å². The highest BCUT2D eigenvalue weighted by Gasteiger charge is 2.29. The summed E-state index contributed by atoms with van der Waals surface area (Å²) in [7, 11) is 0. The van der Waals surface area contributed by atoms with E-state index in [1.807, 2.05) is 23.9 Å². The maximum absolute atomic E-state index is 6.08. The number of aromatic nitrogens is 2. The van der Waals surface area contributed by atoms with Crippen molar-refractivity contribution in [1.82, 2.24) is 10.1 Å². The van der Waals surface area contributed by atoms with Gasteiger partial charge >= 0.3 is 0 Å². The fourth-order valence-electron chi connectivity index (χ4n) is 2.21. The first-order valence-electron chi connectivity index (χ1n) is 7.07. The van der Waals surface area contributed by atoms with Gasteiger partial charge in [0.25, 0.3) is 0 Å². The van der Waals surface area contributed by atoms with Gasteiger partial charge in [-0.1, -0.05) is 12.1 Å². The predicted molar refractivity (Wildman–Crippen MR) is 80.5 cm³/mol. The van der Waals surface area contributed by atoms with E-state index in [2.05, 4.69) is 29.2 Å². The topological polar surface area (TPSA) is 64.9 Å². The molecule has 5 heteroatoms. The van der Waals surface area contributed by atoms with Crippen LogP contribution in [0.3, 0.4) is 0 Å². The molecule has 0 radical (unpaired) electrons. The zero-order valence-corrected chi connectivity index (χ0v) is 12.4. The fraction of sp³-hybridized carbons (Fsp3) is 0.467. The Morgan fingerprint density at radius 1 is 1.35 bits per heavy atom. The monoisotopic (exact) mass is 289 g/mol. The van der Waals surface area contributed by atoms with E-state index in [9.17, 15) is 0 Å². The zero-order valence-electron chi connectivity index (χ0n) is 11.6. The third-order valence-corrected chi connectivity index (χ3v) is 4.42. The van der Waals surface area contributed by atoms with Crippen molar-refractivity contribution < 1.29 is 4.52 Å². The fourth-order valence-corrected chi connectivity index (χ4v) is 2.88. The third-order valence-electron chi connectivity index (χ3n) is 3.53. The molecule has 1 atom stereocenters. The highest BCUT2D eigenvalue weighted by molar-refractivity contribution is 7.99. The van der Waals surface area contributed by atoms with Gasteiger partial charge in [-0.2, -0.15) is 4.98 Å². The molecule has 1 aliphatic rings. The summed E-state index contributed by atoms with van der Waals surface area (Å²) in [5.74, 6) is 3.02. The minimum Gasteiger partial charge on any atom is -0.339 e. The zero-order chi connectivity index (χ0) is 13.9. The van der Waals surface area contributed by atoms with E-state index < -0.39 is 0 Å². The standard InChI is InChI=1S/C15H19N3OS/c1-2-20-12-7-5-11(6-8-12)15-17-14(19-18-15)9-13(16)10-3-4-10/h5-8,10,13H,2-4,9,16H2,1H3. The molecule has 1 aliphatic carbocycles. The summed E-state index contributed by atoms with van der Waals surface area (Å²) in [6.07, 6.45) is 3.15. The number of nitrogens with two attached hydrogens (primary N) is 1. The SMILES string of the molecule is CCSc1ccc(-c2noc(CC(N)C3CC3)n2)cc1. The van der Waals surface area contributed by atoms with Gasteiger partial charge in [0.05, 0.1) is 0 Å². The van der Waals surface area contributed by atoms with Crippen LogP contribution in [0, 0.1) is 5.92 Å². The summed E-state index contributed by atoms with van der Waals surface area (Å²) >= 11 is 1.82. The van der Waals surface area contributed by atoms with Crippen LogP contribution in [0.5, 0.6) is 0 Å². The van der Waals surface area contributed by atoms with Crippen LogP contribution in [0.4, 0.5) is 0 Å². The molecule has 20 heavy (non-hydrogen) atoms. The predicted octanol–water partition coefficient (Wildman–Crippen LogP) is 3.13. The lowest BCUT2D eigenvalue weighted by Crippen LogP contribution is -2.25. The molecule has 0 bridgehead atoms. The second kappa shape index (κ2) is 5.97. The first kappa shape index (κ1) is 13.6. The summed E-state index contributed by atoms with van der Waals surface area (Å²) < 4.78 is 5.30. The molecular formula is C15H19N3OS. The molecule has 0 spiro atoms. The van der Waals surface area contributed by atoms with Crippen molar-refractivity contribution in [3.8, 4) is 11.4 Å². The van der Waals surface area contributed by atoms with Crippen LogP contribution in [-0.4, -0.2) is 21.9 Å². The number of benzene rings is 1. The number of rotatable bonds is 6. The van der Waals surface area contributed by atoms with E-state index >= 15 is 0 Å². The highest BCUT2D eigenvalue weighted by Crippen LogP contribution is 2.32. The molecule has 0 amide bonds. The van der Waals surface area contributed by atoms with Gasteiger partial charge in [-0.25, -0.2) is 0 Å². The van der Waals surface area contributed by atoms with Crippen LogP contribution in [-0.2, 0) is 6.42 Å². The summed E-state index contributed by atoms with van der Waals surface area (Å²) in [6, 6.07) is 8.41. The van der Waals surface area contributed by atoms with Gasteiger partial charge in [-0.05, 0) is 48.8 Å². The first-order chi connectivity index (χ1) is 9.76. The molecule has 3 rings (SSSR count). The lowest BCUT2D eigenvalue weighted by atomic mass is 10.1. The Bertz CT molecular complexity index is 563. The Balaban J connectivity index is 1.68. The van der Waals surface area contributed by atoms with Gasteiger partial charge in [0, 0.05) is 22.9 Å². The van der Waals surface area contributed by atoms with Gasteiger partial charge < -0.3 is 10.3 Å². The lowest BCUT2D eigenvalue weighted by molar-refractivity contribution is 0.364. The lowest BCUT2D eigenvalue weighted by Gasteiger charge is -2.04. The van der Waals surface area contributed by atoms with Crippen molar-refractivity contribution in [1.29, 1.82) is 0 Å². The molecule has 106 valence electrons. The van der Waals surface area contributed by atoms with Crippen LogP contribution >= 0.6 is 11.8 Å². The van der Waals surface area contributed by atoms with Crippen molar-refractivity contribution in [3.05, 3.63) is 30.2 Å². The molecule has 1 saturated carbocycles. The molecule has 0 aliphatic heterocycles. The van der Waals surface area contributed by atoms with Crippen molar-refractivity contribution in [2.24, 2.45) is 11.7 Å². The van der Waals surface area contributed by atoms with Crippen LogP contribution in [0.25, 0.3) is 11.4 Å². The van der Waals surface area contributed by atoms with Crippen LogP contribution in [0.1, 0.15) is 25.7 Å². The Hall–Kier alpha value is -1.33. The smallest absolute Gasteiger partial charge is 0.228 e. The summed E-state index contributed by atoms with van der Waals surface area (Å²) in [5.41, 5.74) is 7.07. The van der Waals surface area contributed by atoms with Crippen LogP contribution < -0.4 is 5.73 Å². The summed E-state index contributed by atoms with van der Waals surface area (Å²) in [5, 5.41) is 4.05. The molecule has 1 aromatic heterocycles. The molecule has 2 aromatic rings. The highest BCUT2D eigenvalue weighted by atomic mass is 32.2. The largest absolute Gasteiger partial charge is 0.339 e. The molecule has 1 fully saturated rings. The Labute approximate surface area is 123 Å². The summed E-state index contributed by atoms with van der Waals surface area (Å²) in [6.45, 7) is 2.15. The normalized spacial score (nSPS) is 16.3. The second-order valence-electron chi connectivity index (χ2n) is 5.17. The second-order valence-corrected chi connectivity index (χ2v) is 6.51. The van der Waals surface area contributed by atoms with E-state index in [0.717, 1.165) is 11.3 Å². The van der Waals surface area contributed by atoms with E-state index in [4.69, 9.17) is 10.3 Å². The quantitative estimate of drug-likeness (QED) is 0.828.